The fourth-order valence-corrected chi connectivity index (χ4v) is 2.55. The summed E-state index contributed by atoms with van der Waals surface area (Å²) < 4.78 is 13.2. The average Bonchev–Trinajstić information content (AvgIpc) is 2.67. The smallest absolute Gasteiger partial charge is 0.251 e. The molecule has 1 amide bonds. The Bertz CT molecular complexity index is 765. The molecule has 5 nitrogen and oxygen atoms in total. The molecule has 0 unspecified atom stereocenters. The van der Waals surface area contributed by atoms with E-state index in [2.05, 4.69) is 20.9 Å². The molecule has 0 saturated heterocycles. The third-order valence-electron chi connectivity index (χ3n) is 3.91. The van der Waals surface area contributed by atoms with Crippen molar-refractivity contribution in [1.82, 2.24) is 16.0 Å². The van der Waals surface area contributed by atoms with Gasteiger partial charge in [-0.15, -0.1) is 24.0 Å². The molecule has 0 radical (unpaired) electrons. The maximum atomic E-state index is 13.2. The van der Waals surface area contributed by atoms with Crippen LogP contribution in [0.1, 0.15) is 35.3 Å². The number of benzene rings is 2. The van der Waals surface area contributed by atoms with E-state index in [-0.39, 0.29) is 35.7 Å². The molecule has 28 heavy (non-hydrogen) atoms. The molecule has 0 bridgehead atoms. The Labute approximate surface area is 183 Å². The Morgan fingerprint density at radius 1 is 0.964 bits per heavy atom. The fourth-order valence-electron chi connectivity index (χ4n) is 2.55. The van der Waals surface area contributed by atoms with Crippen molar-refractivity contribution in [3.63, 3.8) is 0 Å². The third kappa shape index (κ3) is 8.24. The van der Waals surface area contributed by atoms with Gasteiger partial charge in [-0.1, -0.05) is 24.3 Å². The molecule has 152 valence electrons. The molecule has 0 aliphatic carbocycles. The molecule has 2 aromatic rings. The van der Waals surface area contributed by atoms with Gasteiger partial charge < -0.3 is 16.0 Å². The standard InChI is InChI=1S/C21H27FN4O.HI/c1-3-23-20(27)18-10-8-17(9-11-18)15-26-21(24-4-2)25-13-12-16-6-5-7-19(22)14-16;/h5-11,14H,3-4,12-13,15H2,1-2H3,(H,23,27)(H2,24,25,26);1H. The van der Waals surface area contributed by atoms with Gasteiger partial charge in [-0.3, -0.25) is 4.79 Å². The first-order chi connectivity index (χ1) is 13.1. The first-order valence-electron chi connectivity index (χ1n) is 9.26. The van der Waals surface area contributed by atoms with E-state index < -0.39 is 0 Å². The third-order valence-corrected chi connectivity index (χ3v) is 3.91. The second-order valence-corrected chi connectivity index (χ2v) is 6.06. The van der Waals surface area contributed by atoms with Crippen molar-refractivity contribution in [2.24, 2.45) is 4.99 Å². The second-order valence-electron chi connectivity index (χ2n) is 6.06. The fraction of sp³-hybridized carbons (Fsp3) is 0.333. The van der Waals surface area contributed by atoms with Crippen molar-refractivity contribution in [2.75, 3.05) is 19.6 Å². The van der Waals surface area contributed by atoms with Crippen molar-refractivity contribution < 1.29 is 9.18 Å². The Balaban J connectivity index is 0.00000392. The van der Waals surface area contributed by atoms with Gasteiger partial charge in [0.05, 0.1) is 6.54 Å². The highest BCUT2D eigenvalue weighted by Crippen LogP contribution is 2.06. The van der Waals surface area contributed by atoms with Crippen molar-refractivity contribution in [3.8, 4) is 0 Å². The van der Waals surface area contributed by atoms with Crippen LogP contribution in [0, 0.1) is 5.82 Å². The molecule has 0 aliphatic rings. The highest BCUT2D eigenvalue weighted by molar-refractivity contribution is 14.0. The van der Waals surface area contributed by atoms with Crippen LogP contribution in [0.4, 0.5) is 4.39 Å². The number of aliphatic imine (C=N–C) groups is 1. The van der Waals surface area contributed by atoms with E-state index in [0.717, 1.165) is 17.7 Å². The lowest BCUT2D eigenvalue weighted by Gasteiger charge is -2.11. The molecule has 0 spiro atoms. The Morgan fingerprint density at radius 3 is 2.32 bits per heavy atom. The zero-order valence-corrected chi connectivity index (χ0v) is 18.6. The number of nitrogens with one attached hydrogen (secondary N) is 3. The number of carbonyl (C=O) groups is 1. The monoisotopic (exact) mass is 498 g/mol. The molecule has 0 fully saturated rings. The summed E-state index contributed by atoms with van der Waals surface area (Å²) in [5.41, 5.74) is 2.61. The van der Waals surface area contributed by atoms with E-state index >= 15 is 0 Å². The number of carbonyl (C=O) groups excluding carboxylic acids is 1. The van der Waals surface area contributed by atoms with Crippen LogP contribution in [0.3, 0.4) is 0 Å². The summed E-state index contributed by atoms with van der Waals surface area (Å²) in [5.74, 6) is 0.422. The van der Waals surface area contributed by atoms with Crippen molar-refractivity contribution in [2.45, 2.75) is 26.8 Å². The highest BCUT2D eigenvalue weighted by Gasteiger charge is 2.04. The van der Waals surface area contributed by atoms with E-state index in [1.54, 1.807) is 24.3 Å². The summed E-state index contributed by atoms with van der Waals surface area (Å²) in [5, 5.41) is 9.23. The zero-order chi connectivity index (χ0) is 19.5. The molecular weight excluding hydrogens is 470 g/mol. The topological polar surface area (TPSA) is 65.5 Å². The minimum atomic E-state index is -0.218. The van der Waals surface area contributed by atoms with Crippen LogP contribution in [0.2, 0.25) is 0 Å². The zero-order valence-electron chi connectivity index (χ0n) is 16.3. The van der Waals surface area contributed by atoms with Crippen molar-refractivity contribution in [3.05, 3.63) is 71.0 Å². The lowest BCUT2D eigenvalue weighted by atomic mass is 10.1. The van der Waals surface area contributed by atoms with E-state index in [1.807, 2.05) is 32.0 Å². The van der Waals surface area contributed by atoms with Crippen LogP contribution in [0.15, 0.2) is 53.5 Å². The van der Waals surface area contributed by atoms with Gasteiger partial charge >= 0.3 is 0 Å². The lowest BCUT2D eigenvalue weighted by molar-refractivity contribution is 0.0956. The summed E-state index contributed by atoms with van der Waals surface area (Å²) in [6.07, 6.45) is 0.712. The minimum Gasteiger partial charge on any atom is -0.357 e. The van der Waals surface area contributed by atoms with Gasteiger partial charge in [0.25, 0.3) is 5.91 Å². The normalized spacial score (nSPS) is 10.8. The molecule has 2 rings (SSSR count). The maximum Gasteiger partial charge on any atom is 0.251 e. The van der Waals surface area contributed by atoms with Crippen LogP contribution in [-0.2, 0) is 13.0 Å². The average molecular weight is 498 g/mol. The van der Waals surface area contributed by atoms with Gasteiger partial charge in [-0.25, -0.2) is 9.38 Å². The predicted octanol–water partition coefficient (Wildman–Crippen LogP) is 3.49. The molecule has 0 aliphatic heterocycles. The van der Waals surface area contributed by atoms with Crippen molar-refractivity contribution in [1.29, 1.82) is 0 Å². The first kappa shape index (κ1) is 23.9. The summed E-state index contributed by atoms with van der Waals surface area (Å²) in [6, 6.07) is 14.0. The number of amides is 1. The molecule has 0 saturated carbocycles. The Hall–Kier alpha value is -2.16. The number of guanidine groups is 1. The van der Waals surface area contributed by atoms with Crippen molar-refractivity contribution >= 4 is 35.8 Å². The van der Waals surface area contributed by atoms with E-state index in [4.69, 9.17) is 0 Å². The molecule has 3 N–H and O–H groups in total. The van der Waals surface area contributed by atoms with Gasteiger partial charge in [0, 0.05) is 25.2 Å². The summed E-state index contributed by atoms with van der Waals surface area (Å²) in [4.78, 5) is 16.3. The van der Waals surface area contributed by atoms with E-state index in [1.165, 1.54) is 6.07 Å². The molecular formula is C21H28FIN4O. The van der Waals surface area contributed by atoms with Gasteiger partial charge in [0.15, 0.2) is 5.96 Å². The van der Waals surface area contributed by atoms with Gasteiger partial charge in [-0.2, -0.15) is 0 Å². The molecule has 7 heteroatoms. The van der Waals surface area contributed by atoms with Crippen LogP contribution >= 0.6 is 24.0 Å². The molecule has 0 aromatic heterocycles. The Kier molecular flexibility index (Phi) is 11.2. The first-order valence-corrected chi connectivity index (χ1v) is 9.26. The van der Waals surface area contributed by atoms with E-state index in [9.17, 15) is 9.18 Å². The van der Waals surface area contributed by atoms with E-state index in [0.29, 0.717) is 37.6 Å². The van der Waals surface area contributed by atoms with Crippen LogP contribution < -0.4 is 16.0 Å². The molecule has 0 heterocycles. The second kappa shape index (κ2) is 13.1. The summed E-state index contributed by atoms with van der Waals surface area (Å²) >= 11 is 0. The quantitative estimate of drug-likeness (QED) is 0.297. The number of hydrogen-bond acceptors (Lipinski definition) is 2. The predicted molar refractivity (Wildman–Crippen MR) is 123 cm³/mol. The van der Waals surface area contributed by atoms with Crippen LogP contribution in [0.25, 0.3) is 0 Å². The minimum absolute atomic E-state index is 0. The molecule has 0 atom stereocenters. The summed E-state index contributed by atoms with van der Waals surface area (Å²) in [6.45, 7) is 6.42. The number of nitrogens with zero attached hydrogens (tertiary/aromatic N) is 1. The number of halogens is 2. The van der Waals surface area contributed by atoms with Crippen LogP contribution in [0.5, 0.6) is 0 Å². The van der Waals surface area contributed by atoms with Gasteiger partial charge in [0.1, 0.15) is 5.82 Å². The highest BCUT2D eigenvalue weighted by atomic mass is 127. The van der Waals surface area contributed by atoms with Gasteiger partial charge in [-0.05, 0) is 55.7 Å². The molecule has 2 aromatic carbocycles. The van der Waals surface area contributed by atoms with Gasteiger partial charge in [0.2, 0.25) is 0 Å². The van der Waals surface area contributed by atoms with Crippen LogP contribution in [-0.4, -0.2) is 31.5 Å². The summed E-state index contributed by atoms with van der Waals surface area (Å²) in [7, 11) is 0. The maximum absolute atomic E-state index is 13.2. The largest absolute Gasteiger partial charge is 0.357 e. The Morgan fingerprint density at radius 2 is 1.68 bits per heavy atom. The number of hydrogen-bond donors (Lipinski definition) is 3. The number of rotatable bonds is 8. The SMILES string of the molecule is CCNC(=O)c1ccc(CN=C(NCC)NCCc2cccc(F)c2)cc1.I. The lowest BCUT2D eigenvalue weighted by Crippen LogP contribution is -2.38.